The van der Waals surface area contributed by atoms with Crippen LogP contribution in [0.25, 0.3) is 0 Å². The average Bonchev–Trinajstić information content (AvgIpc) is 2.78. The Kier molecular flexibility index (Phi) is 4.70. The third-order valence-corrected chi connectivity index (χ3v) is 4.00. The zero-order valence-electron chi connectivity index (χ0n) is 11.8. The van der Waals surface area contributed by atoms with E-state index in [-0.39, 0.29) is 17.9 Å². The third-order valence-electron chi connectivity index (χ3n) is 3.07. The molecule has 0 radical (unpaired) electrons. The van der Waals surface area contributed by atoms with Gasteiger partial charge in [0.05, 0.1) is 17.7 Å². The van der Waals surface area contributed by atoms with Gasteiger partial charge in [-0.15, -0.1) is 11.3 Å². The molecule has 0 atom stereocenters. The van der Waals surface area contributed by atoms with Crippen molar-refractivity contribution in [2.45, 2.75) is 26.7 Å². The van der Waals surface area contributed by atoms with E-state index in [9.17, 15) is 9.59 Å². The number of amides is 1. The summed E-state index contributed by atoms with van der Waals surface area (Å²) in [6.07, 6.45) is 0.836. The van der Waals surface area contributed by atoms with Gasteiger partial charge < -0.3 is 10.4 Å². The van der Waals surface area contributed by atoms with Crippen LogP contribution in [0.5, 0.6) is 0 Å². The van der Waals surface area contributed by atoms with Crippen LogP contribution in [0, 0.1) is 6.92 Å². The number of carbonyl (C=O) groups is 2. The zero-order valence-corrected chi connectivity index (χ0v) is 12.7. The number of thiazole rings is 1. The summed E-state index contributed by atoms with van der Waals surface area (Å²) in [5.74, 6) is -1.29. The van der Waals surface area contributed by atoms with Crippen molar-refractivity contribution in [3.63, 3.8) is 0 Å². The fraction of sp³-hybridized carbons (Fsp3) is 0.267. The maximum Gasteiger partial charge on any atom is 0.335 e. The van der Waals surface area contributed by atoms with Crippen LogP contribution in [-0.4, -0.2) is 22.0 Å². The number of carboxylic acid groups (broad SMARTS) is 1. The van der Waals surface area contributed by atoms with Crippen molar-refractivity contribution in [2.75, 3.05) is 5.32 Å². The van der Waals surface area contributed by atoms with Gasteiger partial charge in [0.25, 0.3) is 0 Å². The number of hydrogen-bond acceptors (Lipinski definition) is 4. The number of anilines is 1. The first-order valence-electron chi connectivity index (χ1n) is 6.58. The van der Waals surface area contributed by atoms with Gasteiger partial charge in [-0.05, 0) is 25.0 Å². The normalized spacial score (nSPS) is 10.4. The molecule has 110 valence electrons. The van der Waals surface area contributed by atoms with E-state index in [1.165, 1.54) is 17.4 Å². The van der Waals surface area contributed by atoms with Crippen molar-refractivity contribution in [2.24, 2.45) is 0 Å². The second kappa shape index (κ2) is 6.49. The van der Waals surface area contributed by atoms with Crippen LogP contribution in [0.4, 0.5) is 5.13 Å². The van der Waals surface area contributed by atoms with Gasteiger partial charge >= 0.3 is 5.97 Å². The monoisotopic (exact) mass is 304 g/mol. The Hall–Kier alpha value is -2.21. The molecule has 1 amide bonds. The number of aromatic nitrogens is 1. The Labute approximate surface area is 126 Å². The molecule has 2 rings (SSSR count). The number of aryl methyl sites for hydroxylation is 2. The molecule has 6 heteroatoms. The highest BCUT2D eigenvalue weighted by Crippen LogP contribution is 2.22. The molecule has 1 heterocycles. The van der Waals surface area contributed by atoms with Crippen LogP contribution in [0.3, 0.4) is 0 Å². The van der Waals surface area contributed by atoms with E-state index < -0.39 is 5.97 Å². The Morgan fingerprint density at radius 1 is 1.33 bits per heavy atom. The van der Waals surface area contributed by atoms with Crippen molar-refractivity contribution < 1.29 is 14.7 Å². The molecule has 1 aromatic heterocycles. The summed E-state index contributed by atoms with van der Waals surface area (Å²) in [5, 5.41) is 12.4. The molecule has 0 aliphatic carbocycles. The lowest BCUT2D eigenvalue weighted by atomic mass is 10.0. The molecular formula is C15H16N2O3S. The van der Waals surface area contributed by atoms with E-state index >= 15 is 0 Å². The lowest BCUT2D eigenvalue weighted by Crippen LogP contribution is -2.16. The van der Waals surface area contributed by atoms with Crippen LogP contribution < -0.4 is 5.32 Å². The highest BCUT2D eigenvalue weighted by Gasteiger charge is 2.14. The predicted octanol–water partition coefficient (Wildman–Crippen LogP) is 2.89. The van der Waals surface area contributed by atoms with Crippen LogP contribution in [-0.2, 0) is 17.6 Å². The molecule has 0 fully saturated rings. The van der Waals surface area contributed by atoms with Gasteiger partial charge in [-0.25, -0.2) is 9.78 Å². The summed E-state index contributed by atoms with van der Waals surface area (Å²) in [4.78, 5) is 28.6. The molecule has 1 aromatic carbocycles. The molecule has 0 saturated heterocycles. The summed E-state index contributed by atoms with van der Waals surface area (Å²) in [6, 6.07) is 6.50. The molecule has 21 heavy (non-hydrogen) atoms. The summed E-state index contributed by atoms with van der Waals surface area (Å²) in [7, 11) is 0. The number of rotatable bonds is 5. The maximum absolute atomic E-state index is 12.0. The highest BCUT2D eigenvalue weighted by molar-refractivity contribution is 7.15. The van der Waals surface area contributed by atoms with Gasteiger partial charge in [-0.2, -0.15) is 0 Å². The number of benzene rings is 1. The van der Waals surface area contributed by atoms with Gasteiger partial charge in [-0.1, -0.05) is 25.1 Å². The number of hydrogen-bond donors (Lipinski definition) is 2. The first-order valence-corrected chi connectivity index (χ1v) is 7.40. The summed E-state index contributed by atoms with van der Waals surface area (Å²) >= 11 is 1.43. The smallest absolute Gasteiger partial charge is 0.335 e. The minimum Gasteiger partial charge on any atom is -0.478 e. The predicted molar refractivity (Wildman–Crippen MR) is 82.0 cm³/mol. The zero-order chi connectivity index (χ0) is 15.4. The summed E-state index contributed by atoms with van der Waals surface area (Å²) in [5.41, 5.74) is 1.62. The fourth-order valence-corrected chi connectivity index (χ4v) is 2.95. The molecular weight excluding hydrogens is 288 g/mol. The van der Waals surface area contributed by atoms with E-state index in [0.717, 1.165) is 17.0 Å². The van der Waals surface area contributed by atoms with Crippen LogP contribution in [0.1, 0.15) is 33.4 Å². The molecule has 0 bridgehead atoms. The van der Waals surface area contributed by atoms with Crippen LogP contribution in [0.2, 0.25) is 0 Å². The van der Waals surface area contributed by atoms with Crippen molar-refractivity contribution >= 4 is 28.3 Å². The molecule has 5 nitrogen and oxygen atoms in total. The SMILES string of the molecule is CCc1nc(NC(=O)Cc2ccccc2C(=O)O)sc1C. The number of aromatic carboxylic acids is 1. The highest BCUT2D eigenvalue weighted by atomic mass is 32.1. The van der Waals surface area contributed by atoms with E-state index in [1.807, 2.05) is 13.8 Å². The first kappa shape index (κ1) is 15.2. The van der Waals surface area contributed by atoms with Gasteiger partial charge in [-0.3, -0.25) is 4.79 Å². The molecule has 0 spiro atoms. The lowest BCUT2D eigenvalue weighted by Gasteiger charge is -2.05. The van der Waals surface area contributed by atoms with E-state index in [1.54, 1.807) is 18.2 Å². The van der Waals surface area contributed by atoms with Gasteiger partial charge in [0.2, 0.25) is 5.91 Å². The lowest BCUT2D eigenvalue weighted by molar-refractivity contribution is -0.115. The Morgan fingerprint density at radius 2 is 2.05 bits per heavy atom. The number of nitrogens with one attached hydrogen (secondary N) is 1. The topological polar surface area (TPSA) is 79.3 Å². The Balaban J connectivity index is 2.10. The molecule has 0 aliphatic rings. The largest absolute Gasteiger partial charge is 0.478 e. The van der Waals surface area contributed by atoms with Crippen molar-refractivity contribution in [1.29, 1.82) is 0 Å². The van der Waals surface area contributed by atoms with Gasteiger partial charge in [0, 0.05) is 4.88 Å². The second-order valence-electron chi connectivity index (χ2n) is 4.56. The van der Waals surface area contributed by atoms with E-state index in [2.05, 4.69) is 10.3 Å². The maximum atomic E-state index is 12.0. The number of carbonyl (C=O) groups excluding carboxylic acids is 1. The van der Waals surface area contributed by atoms with E-state index in [0.29, 0.717) is 10.7 Å². The third kappa shape index (κ3) is 3.66. The van der Waals surface area contributed by atoms with Crippen molar-refractivity contribution in [1.82, 2.24) is 4.98 Å². The second-order valence-corrected chi connectivity index (χ2v) is 5.77. The molecule has 2 N–H and O–H groups in total. The minimum atomic E-state index is -1.03. The molecule has 0 aliphatic heterocycles. The Bertz CT molecular complexity index is 679. The fourth-order valence-electron chi connectivity index (χ4n) is 2.03. The number of carboxylic acids is 1. The van der Waals surface area contributed by atoms with Gasteiger partial charge in [0.1, 0.15) is 0 Å². The molecule has 0 unspecified atom stereocenters. The van der Waals surface area contributed by atoms with Crippen LogP contribution in [0.15, 0.2) is 24.3 Å². The Morgan fingerprint density at radius 3 is 2.67 bits per heavy atom. The van der Waals surface area contributed by atoms with E-state index in [4.69, 9.17) is 5.11 Å². The summed E-state index contributed by atoms with van der Waals surface area (Å²) in [6.45, 7) is 3.97. The van der Waals surface area contributed by atoms with Crippen molar-refractivity contribution in [3.8, 4) is 0 Å². The molecule has 0 saturated carbocycles. The summed E-state index contributed by atoms with van der Waals surface area (Å²) < 4.78 is 0. The molecule has 2 aromatic rings. The average molecular weight is 304 g/mol. The van der Waals surface area contributed by atoms with Gasteiger partial charge in [0.15, 0.2) is 5.13 Å². The van der Waals surface area contributed by atoms with Crippen molar-refractivity contribution in [3.05, 3.63) is 46.0 Å². The minimum absolute atomic E-state index is 0.0164. The quantitative estimate of drug-likeness (QED) is 0.890. The number of nitrogens with zero attached hydrogens (tertiary/aromatic N) is 1. The standard InChI is InChI=1S/C15H16N2O3S/c1-3-12-9(2)21-15(16-12)17-13(18)8-10-6-4-5-7-11(10)14(19)20/h4-7H,3,8H2,1-2H3,(H,19,20)(H,16,17,18). The first-order chi connectivity index (χ1) is 10.0. The van der Waals surface area contributed by atoms with Crippen LogP contribution >= 0.6 is 11.3 Å².